The highest BCUT2D eigenvalue weighted by Crippen LogP contribution is 2.48. The number of ether oxygens (including phenoxy) is 1. The third kappa shape index (κ3) is 3.38. The summed E-state index contributed by atoms with van der Waals surface area (Å²) in [5.74, 6) is 1.15. The maximum atomic E-state index is 9.47. The van der Waals surface area contributed by atoms with E-state index in [4.69, 9.17) is 27.3 Å². The van der Waals surface area contributed by atoms with Crippen molar-refractivity contribution in [1.82, 2.24) is 9.97 Å². The van der Waals surface area contributed by atoms with Gasteiger partial charge in [-0.1, -0.05) is 11.6 Å². The number of aromatic nitrogens is 2. The number of nitrogens with two attached hydrogens (primary N) is 1. The predicted octanol–water partition coefficient (Wildman–Crippen LogP) is 5.29. The molecule has 0 saturated heterocycles. The molecule has 0 saturated carbocycles. The average molecular weight is 455 g/mol. The van der Waals surface area contributed by atoms with Gasteiger partial charge in [-0.2, -0.15) is 10.5 Å². The molecule has 3 aromatic rings. The predicted molar refractivity (Wildman–Crippen MR) is 110 cm³/mol. The van der Waals surface area contributed by atoms with E-state index in [0.29, 0.717) is 32.9 Å². The minimum Gasteiger partial charge on any atom is -0.455 e. The highest BCUT2D eigenvalue weighted by Gasteiger charge is 2.25. The van der Waals surface area contributed by atoms with Gasteiger partial charge < -0.3 is 10.5 Å². The van der Waals surface area contributed by atoms with Gasteiger partial charge in [-0.05, 0) is 59.1 Å². The lowest BCUT2D eigenvalue weighted by atomic mass is 10.0. The van der Waals surface area contributed by atoms with E-state index in [2.05, 4.69) is 32.0 Å². The molecule has 0 bridgehead atoms. The molecule has 0 spiro atoms. The summed E-state index contributed by atoms with van der Waals surface area (Å²) < 4.78 is 6.57. The van der Waals surface area contributed by atoms with Gasteiger partial charge in [-0.15, -0.1) is 0 Å². The summed E-state index contributed by atoms with van der Waals surface area (Å²) in [5, 5.41) is 18.8. The van der Waals surface area contributed by atoms with Gasteiger partial charge in [0.15, 0.2) is 11.6 Å². The Bertz CT molecular complexity index is 1140. The zero-order valence-electron chi connectivity index (χ0n) is 14.9. The Balaban J connectivity index is 2.31. The third-order valence-electron chi connectivity index (χ3n) is 4.07. The number of hydrogen-bond acceptors (Lipinski definition) is 6. The quantitative estimate of drug-likeness (QED) is 0.538. The fourth-order valence-electron chi connectivity index (χ4n) is 2.82. The SMILES string of the molecule is Cc1cc(C#N)cc(C)c1Oc1c(Br)c(Cl)c(C#N)c(N)c1-c1ncccn1. The van der Waals surface area contributed by atoms with Crippen molar-refractivity contribution in [3.05, 3.63) is 62.3 Å². The first-order valence-electron chi connectivity index (χ1n) is 8.06. The Morgan fingerprint density at radius 1 is 1.07 bits per heavy atom. The van der Waals surface area contributed by atoms with Crippen LogP contribution in [0.5, 0.6) is 11.5 Å². The van der Waals surface area contributed by atoms with Gasteiger partial charge in [0.1, 0.15) is 11.8 Å². The van der Waals surface area contributed by atoms with Crippen LogP contribution >= 0.6 is 27.5 Å². The average Bonchev–Trinajstić information content (AvgIpc) is 2.69. The Hall–Kier alpha value is -3.13. The molecule has 0 atom stereocenters. The molecule has 3 rings (SSSR count). The van der Waals surface area contributed by atoms with Crippen LogP contribution in [0.1, 0.15) is 22.3 Å². The number of rotatable bonds is 3. The smallest absolute Gasteiger partial charge is 0.165 e. The number of nitrogen functional groups attached to an aromatic ring is 1. The number of aryl methyl sites for hydroxylation is 2. The Morgan fingerprint density at radius 2 is 1.68 bits per heavy atom. The maximum absolute atomic E-state index is 9.47. The largest absolute Gasteiger partial charge is 0.455 e. The Labute approximate surface area is 175 Å². The normalized spacial score (nSPS) is 10.2. The van der Waals surface area contributed by atoms with Crippen molar-refractivity contribution in [1.29, 1.82) is 10.5 Å². The zero-order valence-corrected chi connectivity index (χ0v) is 17.3. The summed E-state index contributed by atoms with van der Waals surface area (Å²) in [7, 11) is 0. The summed E-state index contributed by atoms with van der Waals surface area (Å²) in [6, 6.07) is 9.25. The van der Waals surface area contributed by atoms with E-state index in [-0.39, 0.29) is 16.3 Å². The van der Waals surface area contributed by atoms with Gasteiger partial charge in [-0.3, -0.25) is 0 Å². The van der Waals surface area contributed by atoms with Gasteiger partial charge >= 0.3 is 0 Å². The second-order valence-electron chi connectivity index (χ2n) is 5.96. The number of nitriles is 2. The molecular formula is C20H13BrClN5O. The van der Waals surface area contributed by atoms with Gasteiger partial charge in [0.2, 0.25) is 0 Å². The molecular weight excluding hydrogens is 442 g/mol. The lowest BCUT2D eigenvalue weighted by molar-refractivity contribution is 0.473. The number of benzene rings is 2. The molecule has 0 aliphatic heterocycles. The van der Waals surface area contributed by atoms with Crippen LogP contribution in [0, 0.1) is 36.5 Å². The third-order valence-corrected chi connectivity index (χ3v) is 5.43. The van der Waals surface area contributed by atoms with Gasteiger partial charge in [-0.25, -0.2) is 9.97 Å². The van der Waals surface area contributed by atoms with Crippen molar-refractivity contribution in [2.75, 3.05) is 5.73 Å². The maximum Gasteiger partial charge on any atom is 0.165 e. The van der Waals surface area contributed by atoms with E-state index in [1.165, 1.54) is 0 Å². The lowest BCUT2D eigenvalue weighted by Gasteiger charge is -2.19. The topological polar surface area (TPSA) is 109 Å². The molecule has 0 amide bonds. The van der Waals surface area contributed by atoms with E-state index in [1.54, 1.807) is 30.6 Å². The molecule has 1 heterocycles. The molecule has 0 unspecified atom stereocenters. The summed E-state index contributed by atoms with van der Waals surface area (Å²) in [6.07, 6.45) is 3.14. The molecule has 138 valence electrons. The van der Waals surface area contributed by atoms with Crippen molar-refractivity contribution in [3.8, 4) is 35.0 Å². The number of halogens is 2. The number of nitrogens with zero attached hydrogens (tertiary/aromatic N) is 4. The summed E-state index contributed by atoms with van der Waals surface area (Å²) in [4.78, 5) is 8.49. The van der Waals surface area contributed by atoms with Crippen LogP contribution in [0.25, 0.3) is 11.4 Å². The molecule has 1 aromatic heterocycles. The minimum absolute atomic E-state index is 0.108. The van der Waals surface area contributed by atoms with Crippen molar-refractivity contribution in [3.63, 3.8) is 0 Å². The highest BCUT2D eigenvalue weighted by molar-refractivity contribution is 9.10. The summed E-state index contributed by atoms with van der Waals surface area (Å²) >= 11 is 9.76. The fraction of sp³-hybridized carbons (Fsp3) is 0.100. The van der Waals surface area contributed by atoms with Crippen LogP contribution in [0.4, 0.5) is 5.69 Å². The number of anilines is 1. The number of hydrogen-bond donors (Lipinski definition) is 1. The van der Waals surface area contributed by atoms with Gasteiger partial charge in [0.05, 0.1) is 37.9 Å². The molecule has 2 aromatic carbocycles. The first-order valence-corrected chi connectivity index (χ1v) is 9.23. The molecule has 0 radical (unpaired) electrons. The second kappa shape index (κ2) is 7.85. The molecule has 0 aliphatic rings. The summed E-state index contributed by atoms with van der Waals surface area (Å²) in [5.41, 5.74) is 8.90. The highest BCUT2D eigenvalue weighted by atomic mass is 79.9. The monoisotopic (exact) mass is 453 g/mol. The van der Waals surface area contributed by atoms with Gasteiger partial charge in [0.25, 0.3) is 0 Å². The molecule has 0 fully saturated rings. The van der Waals surface area contributed by atoms with Crippen molar-refractivity contribution in [2.45, 2.75) is 13.8 Å². The molecule has 2 N–H and O–H groups in total. The minimum atomic E-state index is 0.108. The molecule has 28 heavy (non-hydrogen) atoms. The van der Waals surface area contributed by atoms with Crippen LogP contribution < -0.4 is 10.5 Å². The van der Waals surface area contributed by atoms with E-state index in [1.807, 2.05) is 19.9 Å². The first kappa shape index (κ1) is 19.6. The van der Waals surface area contributed by atoms with Crippen LogP contribution in [0.15, 0.2) is 35.1 Å². The van der Waals surface area contributed by atoms with Crippen LogP contribution in [0.3, 0.4) is 0 Å². The van der Waals surface area contributed by atoms with Crippen molar-refractivity contribution >= 4 is 33.2 Å². The van der Waals surface area contributed by atoms with Crippen LogP contribution in [-0.4, -0.2) is 9.97 Å². The Kier molecular flexibility index (Phi) is 5.51. The van der Waals surface area contributed by atoms with E-state index < -0.39 is 0 Å². The van der Waals surface area contributed by atoms with E-state index in [0.717, 1.165) is 11.1 Å². The summed E-state index contributed by atoms with van der Waals surface area (Å²) in [6.45, 7) is 3.68. The Morgan fingerprint density at radius 3 is 2.21 bits per heavy atom. The zero-order chi connectivity index (χ0) is 20.4. The molecule has 6 nitrogen and oxygen atoms in total. The second-order valence-corrected chi connectivity index (χ2v) is 7.13. The van der Waals surface area contributed by atoms with Crippen molar-refractivity contribution in [2.24, 2.45) is 0 Å². The fourth-order valence-corrected chi connectivity index (χ4v) is 3.53. The van der Waals surface area contributed by atoms with E-state index in [9.17, 15) is 5.26 Å². The molecule has 0 aliphatic carbocycles. The van der Waals surface area contributed by atoms with Gasteiger partial charge in [0, 0.05) is 12.4 Å². The first-order chi connectivity index (χ1) is 13.4. The van der Waals surface area contributed by atoms with Crippen LogP contribution in [0.2, 0.25) is 5.02 Å². The van der Waals surface area contributed by atoms with Crippen molar-refractivity contribution < 1.29 is 4.74 Å². The molecule has 8 heteroatoms. The standard InChI is InChI=1S/C20H13BrClN5O/c1-10-6-12(8-23)7-11(2)18(10)28-19-14(20-26-4-3-5-27-20)17(25)13(9-24)16(22)15(19)21/h3-7H,25H2,1-2H3. The van der Waals surface area contributed by atoms with E-state index >= 15 is 0 Å². The van der Waals surface area contributed by atoms with Crippen LogP contribution in [-0.2, 0) is 0 Å². The lowest BCUT2D eigenvalue weighted by Crippen LogP contribution is -2.03.